The van der Waals surface area contributed by atoms with Gasteiger partial charge in [-0.25, -0.2) is 0 Å². The molecule has 2 aromatic carbocycles. The van der Waals surface area contributed by atoms with Gasteiger partial charge in [-0.15, -0.1) is 0 Å². The number of methoxy groups -OCH3 is 1. The first kappa shape index (κ1) is 13.7. The van der Waals surface area contributed by atoms with Crippen molar-refractivity contribution >= 4 is 11.6 Å². The van der Waals surface area contributed by atoms with Crippen LogP contribution in [0.15, 0.2) is 42.5 Å². The summed E-state index contributed by atoms with van der Waals surface area (Å²) in [6, 6.07) is 13.0. The second kappa shape index (κ2) is 6.45. The summed E-state index contributed by atoms with van der Waals surface area (Å²) in [6.07, 6.45) is 0.766. The summed E-state index contributed by atoms with van der Waals surface area (Å²) in [5.74, 6) is 2.24. The van der Waals surface area contributed by atoms with Crippen LogP contribution in [0.3, 0.4) is 0 Å². The Labute approximate surface area is 117 Å². The lowest BCUT2D eigenvalue weighted by atomic mass is 10.1. The van der Waals surface area contributed by atoms with Gasteiger partial charge < -0.3 is 15.2 Å². The first-order valence-corrected chi connectivity index (χ1v) is 6.41. The summed E-state index contributed by atoms with van der Waals surface area (Å²) in [5, 5.41) is 0.677. The highest BCUT2D eigenvalue weighted by molar-refractivity contribution is 6.31. The molecule has 0 saturated heterocycles. The standard InChI is InChI=1S/C15H16ClNO2/c1-18-12-4-6-13(7-5-12)19-14-3-2-11(8-9-17)15(16)10-14/h2-7,10H,8-9,17H2,1H3. The van der Waals surface area contributed by atoms with E-state index in [-0.39, 0.29) is 0 Å². The number of hydrogen-bond donors (Lipinski definition) is 1. The highest BCUT2D eigenvalue weighted by Crippen LogP contribution is 2.28. The lowest BCUT2D eigenvalue weighted by Gasteiger charge is -2.09. The molecular weight excluding hydrogens is 262 g/mol. The Morgan fingerprint density at radius 1 is 1.00 bits per heavy atom. The maximum Gasteiger partial charge on any atom is 0.128 e. The van der Waals surface area contributed by atoms with Gasteiger partial charge >= 0.3 is 0 Å². The normalized spacial score (nSPS) is 10.3. The van der Waals surface area contributed by atoms with E-state index in [1.165, 1.54) is 0 Å². The molecule has 0 aliphatic heterocycles. The molecule has 0 aromatic heterocycles. The number of halogens is 1. The molecule has 0 aliphatic rings. The van der Waals surface area contributed by atoms with Crippen molar-refractivity contribution in [2.45, 2.75) is 6.42 Å². The molecule has 0 amide bonds. The van der Waals surface area contributed by atoms with Crippen LogP contribution in [0.5, 0.6) is 17.2 Å². The van der Waals surface area contributed by atoms with Gasteiger partial charge in [0.1, 0.15) is 17.2 Å². The maximum absolute atomic E-state index is 6.17. The number of benzene rings is 2. The van der Waals surface area contributed by atoms with Crippen LogP contribution in [-0.4, -0.2) is 13.7 Å². The van der Waals surface area contributed by atoms with Crippen LogP contribution in [0, 0.1) is 0 Å². The Balaban J connectivity index is 2.11. The molecule has 2 rings (SSSR count). The summed E-state index contributed by atoms with van der Waals surface area (Å²) < 4.78 is 10.8. The van der Waals surface area contributed by atoms with Crippen molar-refractivity contribution in [3.8, 4) is 17.2 Å². The summed E-state index contributed by atoms with van der Waals surface area (Å²) in [7, 11) is 1.63. The smallest absolute Gasteiger partial charge is 0.128 e. The van der Waals surface area contributed by atoms with E-state index in [0.29, 0.717) is 17.3 Å². The fourth-order valence-electron chi connectivity index (χ4n) is 1.73. The van der Waals surface area contributed by atoms with Gasteiger partial charge in [0.2, 0.25) is 0 Å². The third-order valence-corrected chi connectivity index (χ3v) is 3.09. The average Bonchev–Trinajstić information content (AvgIpc) is 2.43. The molecule has 0 saturated carbocycles. The summed E-state index contributed by atoms with van der Waals surface area (Å²) >= 11 is 6.17. The van der Waals surface area contributed by atoms with E-state index in [9.17, 15) is 0 Å². The fourth-order valence-corrected chi connectivity index (χ4v) is 1.99. The molecule has 0 bridgehead atoms. The van der Waals surface area contributed by atoms with E-state index in [0.717, 1.165) is 23.5 Å². The van der Waals surface area contributed by atoms with Crippen molar-refractivity contribution in [1.82, 2.24) is 0 Å². The van der Waals surface area contributed by atoms with Crippen molar-refractivity contribution in [3.05, 3.63) is 53.1 Å². The zero-order valence-electron chi connectivity index (χ0n) is 10.7. The summed E-state index contributed by atoms with van der Waals surface area (Å²) in [4.78, 5) is 0. The Hall–Kier alpha value is -1.71. The zero-order chi connectivity index (χ0) is 13.7. The van der Waals surface area contributed by atoms with Gasteiger partial charge in [0.25, 0.3) is 0 Å². The van der Waals surface area contributed by atoms with Crippen LogP contribution in [0.1, 0.15) is 5.56 Å². The van der Waals surface area contributed by atoms with Gasteiger partial charge in [-0.2, -0.15) is 0 Å². The van der Waals surface area contributed by atoms with E-state index < -0.39 is 0 Å². The van der Waals surface area contributed by atoms with Crippen LogP contribution in [0.25, 0.3) is 0 Å². The molecule has 0 atom stereocenters. The molecule has 100 valence electrons. The van der Waals surface area contributed by atoms with Crippen molar-refractivity contribution in [3.63, 3.8) is 0 Å². The van der Waals surface area contributed by atoms with E-state index in [1.807, 2.05) is 36.4 Å². The van der Waals surface area contributed by atoms with Gasteiger partial charge in [0.15, 0.2) is 0 Å². The Kier molecular flexibility index (Phi) is 4.66. The molecule has 2 N–H and O–H groups in total. The van der Waals surface area contributed by atoms with Crippen molar-refractivity contribution in [2.75, 3.05) is 13.7 Å². The largest absolute Gasteiger partial charge is 0.497 e. The molecule has 0 aliphatic carbocycles. The third-order valence-electron chi connectivity index (χ3n) is 2.73. The number of hydrogen-bond acceptors (Lipinski definition) is 3. The van der Waals surface area contributed by atoms with Gasteiger partial charge in [0, 0.05) is 5.02 Å². The number of nitrogens with two attached hydrogens (primary N) is 1. The molecule has 4 heteroatoms. The molecule has 2 aromatic rings. The van der Waals surface area contributed by atoms with Crippen molar-refractivity contribution in [1.29, 1.82) is 0 Å². The third kappa shape index (κ3) is 3.63. The van der Waals surface area contributed by atoms with Crippen LogP contribution >= 0.6 is 11.6 Å². The van der Waals surface area contributed by atoms with Crippen LogP contribution in [0.4, 0.5) is 0 Å². The topological polar surface area (TPSA) is 44.5 Å². The fraction of sp³-hybridized carbons (Fsp3) is 0.200. The summed E-state index contributed by atoms with van der Waals surface area (Å²) in [6.45, 7) is 0.582. The van der Waals surface area contributed by atoms with E-state index >= 15 is 0 Å². The molecule has 3 nitrogen and oxygen atoms in total. The van der Waals surface area contributed by atoms with Gasteiger partial charge in [-0.1, -0.05) is 17.7 Å². The van der Waals surface area contributed by atoms with E-state index in [1.54, 1.807) is 13.2 Å². The monoisotopic (exact) mass is 277 g/mol. The lowest BCUT2D eigenvalue weighted by Crippen LogP contribution is -2.03. The Morgan fingerprint density at radius 3 is 2.21 bits per heavy atom. The minimum absolute atomic E-state index is 0.582. The molecule has 0 unspecified atom stereocenters. The van der Waals surface area contributed by atoms with Crippen molar-refractivity contribution < 1.29 is 9.47 Å². The first-order valence-electron chi connectivity index (χ1n) is 6.03. The van der Waals surface area contributed by atoms with E-state index in [2.05, 4.69) is 0 Å². The van der Waals surface area contributed by atoms with Crippen molar-refractivity contribution in [2.24, 2.45) is 5.73 Å². The first-order chi connectivity index (χ1) is 9.22. The Morgan fingerprint density at radius 2 is 1.63 bits per heavy atom. The molecular formula is C15H16ClNO2. The minimum Gasteiger partial charge on any atom is -0.497 e. The number of rotatable bonds is 5. The predicted octanol–water partition coefficient (Wildman–Crippen LogP) is 3.64. The van der Waals surface area contributed by atoms with Crippen LogP contribution < -0.4 is 15.2 Å². The minimum atomic E-state index is 0.582. The highest BCUT2D eigenvalue weighted by atomic mass is 35.5. The van der Waals surface area contributed by atoms with Crippen LogP contribution in [-0.2, 0) is 6.42 Å². The van der Waals surface area contributed by atoms with Crippen LogP contribution in [0.2, 0.25) is 5.02 Å². The molecule has 0 fully saturated rings. The quantitative estimate of drug-likeness (QED) is 0.907. The van der Waals surface area contributed by atoms with Gasteiger partial charge in [0.05, 0.1) is 7.11 Å². The molecule has 0 heterocycles. The Bertz CT molecular complexity index is 540. The van der Waals surface area contributed by atoms with E-state index in [4.69, 9.17) is 26.8 Å². The SMILES string of the molecule is COc1ccc(Oc2ccc(CCN)c(Cl)c2)cc1. The second-order valence-electron chi connectivity index (χ2n) is 4.07. The molecule has 0 radical (unpaired) electrons. The molecule has 19 heavy (non-hydrogen) atoms. The second-order valence-corrected chi connectivity index (χ2v) is 4.48. The highest BCUT2D eigenvalue weighted by Gasteiger charge is 2.03. The maximum atomic E-state index is 6.17. The predicted molar refractivity (Wildman–Crippen MR) is 77.3 cm³/mol. The summed E-state index contributed by atoms with van der Waals surface area (Å²) in [5.41, 5.74) is 6.55. The molecule has 0 spiro atoms. The number of ether oxygens (including phenoxy) is 2. The van der Waals surface area contributed by atoms with Gasteiger partial charge in [-0.05, 0) is 54.9 Å². The van der Waals surface area contributed by atoms with Gasteiger partial charge in [-0.3, -0.25) is 0 Å². The average molecular weight is 278 g/mol. The lowest BCUT2D eigenvalue weighted by molar-refractivity contribution is 0.413. The zero-order valence-corrected chi connectivity index (χ0v) is 11.5.